The summed E-state index contributed by atoms with van der Waals surface area (Å²) in [6.07, 6.45) is 0. The fourth-order valence-corrected chi connectivity index (χ4v) is 6.51. The third-order valence-corrected chi connectivity index (χ3v) is 8.31. The molecule has 0 spiro atoms. The highest BCUT2D eigenvalue weighted by Crippen LogP contribution is 2.37. The van der Waals surface area contributed by atoms with Crippen LogP contribution in [0.1, 0.15) is 0 Å². The van der Waals surface area contributed by atoms with Crippen molar-refractivity contribution in [1.29, 1.82) is 0 Å². The zero-order valence-electron chi connectivity index (χ0n) is 21.9. The molecule has 0 amide bonds. The SMILES string of the molecule is O=c1c2ccccc2oc2ccc(-n3c4ccccc4c4cc(-n5c6ccccc6c6ccccc65)ccc43)cc12. The molecule has 0 aliphatic heterocycles. The zero-order valence-corrected chi connectivity index (χ0v) is 21.9. The van der Waals surface area contributed by atoms with Gasteiger partial charge in [-0.15, -0.1) is 0 Å². The highest BCUT2D eigenvalue weighted by Gasteiger charge is 2.17. The molecule has 0 saturated carbocycles. The van der Waals surface area contributed by atoms with Gasteiger partial charge in [0.05, 0.1) is 32.8 Å². The Morgan fingerprint density at radius 2 is 0.829 bits per heavy atom. The molecule has 41 heavy (non-hydrogen) atoms. The van der Waals surface area contributed by atoms with Crippen molar-refractivity contribution in [2.75, 3.05) is 0 Å². The van der Waals surface area contributed by atoms with E-state index >= 15 is 0 Å². The Balaban J connectivity index is 1.33. The Morgan fingerprint density at radius 1 is 0.390 bits per heavy atom. The van der Waals surface area contributed by atoms with Gasteiger partial charge in [0.15, 0.2) is 0 Å². The van der Waals surface area contributed by atoms with Crippen molar-refractivity contribution in [2.45, 2.75) is 0 Å². The van der Waals surface area contributed by atoms with Gasteiger partial charge in [0.25, 0.3) is 0 Å². The lowest BCUT2D eigenvalue weighted by molar-refractivity contribution is 0.660. The summed E-state index contributed by atoms with van der Waals surface area (Å²) in [5, 5.41) is 5.98. The predicted octanol–water partition coefficient (Wildman–Crippen LogP) is 9.14. The number of rotatable bonds is 2. The summed E-state index contributed by atoms with van der Waals surface area (Å²) in [5.41, 5.74) is 7.76. The van der Waals surface area contributed by atoms with Gasteiger partial charge >= 0.3 is 0 Å². The number of benzene rings is 6. The van der Waals surface area contributed by atoms with Crippen LogP contribution in [0.3, 0.4) is 0 Å². The van der Waals surface area contributed by atoms with Crippen LogP contribution < -0.4 is 5.43 Å². The van der Waals surface area contributed by atoms with E-state index in [0.717, 1.165) is 33.2 Å². The summed E-state index contributed by atoms with van der Waals surface area (Å²) in [4.78, 5) is 13.5. The lowest BCUT2D eigenvalue weighted by Gasteiger charge is -2.11. The van der Waals surface area contributed by atoms with Gasteiger partial charge in [0.1, 0.15) is 11.2 Å². The van der Waals surface area contributed by atoms with Gasteiger partial charge in [-0.25, -0.2) is 0 Å². The van der Waals surface area contributed by atoms with Crippen LogP contribution in [0.5, 0.6) is 0 Å². The Kier molecular flexibility index (Phi) is 4.44. The smallest absolute Gasteiger partial charge is 0.200 e. The molecule has 192 valence electrons. The first-order chi connectivity index (χ1) is 20.3. The first-order valence-corrected chi connectivity index (χ1v) is 13.7. The van der Waals surface area contributed by atoms with E-state index < -0.39 is 0 Å². The summed E-state index contributed by atoms with van der Waals surface area (Å²) in [6, 6.07) is 45.6. The second-order valence-electron chi connectivity index (χ2n) is 10.5. The van der Waals surface area contributed by atoms with Crippen LogP contribution in [-0.2, 0) is 0 Å². The van der Waals surface area contributed by atoms with Crippen LogP contribution >= 0.6 is 0 Å². The molecule has 0 radical (unpaired) electrons. The van der Waals surface area contributed by atoms with Gasteiger partial charge in [-0.1, -0.05) is 66.7 Å². The topological polar surface area (TPSA) is 40.1 Å². The average molecular weight is 527 g/mol. The van der Waals surface area contributed by atoms with Crippen molar-refractivity contribution in [2.24, 2.45) is 0 Å². The van der Waals surface area contributed by atoms with Crippen LogP contribution in [0.2, 0.25) is 0 Å². The lowest BCUT2D eigenvalue weighted by atomic mass is 10.1. The maximum atomic E-state index is 13.5. The first kappa shape index (κ1) is 22.2. The minimum atomic E-state index is -0.0156. The highest BCUT2D eigenvalue weighted by atomic mass is 16.3. The number of nitrogens with zero attached hydrogens (tertiary/aromatic N) is 2. The third-order valence-electron chi connectivity index (χ3n) is 8.31. The maximum Gasteiger partial charge on any atom is 0.200 e. The highest BCUT2D eigenvalue weighted by molar-refractivity contribution is 6.12. The minimum absolute atomic E-state index is 0.0156. The van der Waals surface area contributed by atoms with E-state index in [1.807, 2.05) is 42.5 Å². The van der Waals surface area contributed by atoms with Gasteiger partial charge in [-0.05, 0) is 66.7 Å². The molecular weight excluding hydrogens is 504 g/mol. The monoisotopic (exact) mass is 526 g/mol. The number of hydrogen-bond donors (Lipinski definition) is 0. The molecule has 0 unspecified atom stereocenters. The van der Waals surface area contributed by atoms with Crippen LogP contribution in [-0.4, -0.2) is 9.13 Å². The first-order valence-electron chi connectivity index (χ1n) is 13.7. The number of aromatic nitrogens is 2. The summed E-state index contributed by atoms with van der Waals surface area (Å²) in [7, 11) is 0. The zero-order chi connectivity index (χ0) is 27.1. The molecule has 4 nitrogen and oxygen atoms in total. The van der Waals surface area contributed by atoms with E-state index in [4.69, 9.17) is 4.42 Å². The van der Waals surface area contributed by atoms with Gasteiger partial charge in [-0.3, -0.25) is 4.79 Å². The van der Waals surface area contributed by atoms with Crippen molar-refractivity contribution < 1.29 is 4.42 Å². The molecule has 0 bridgehead atoms. The molecule has 0 saturated heterocycles. The minimum Gasteiger partial charge on any atom is -0.456 e. The van der Waals surface area contributed by atoms with Gasteiger partial charge in [0, 0.05) is 32.9 Å². The molecule has 0 atom stereocenters. The van der Waals surface area contributed by atoms with Crippen LogP contribution in [0.4, 0.5) is 0 Å². The fourth-order valence-electron chi connectivity index (χ4n) is 6.51. The van der Waals surface area contributed by atoms with Crippen molar-refractivity contribution in [1.82, 2.24) is 9.13 Å². The normalized spacial score (nSPS) is 12.0. The Labute approximate surface area is 233 Å². The molecule has 0 aliphatic rings. The van der Waals surface area contributed by atoms with Crippen LogP contribution in [0, 0.1) is 0 Å². The molecule has 6 aromatic carbocycles. The lowest BCUT2D eigenvalue weighted by Crippen LogP contribution is -2.03. The second-order valence-corrected chi connectivity index (χ2v) is 10.5. The number of hydrogen-bond acceptors (Lipinski definition) is 2. The fraction of sp³-hybridized carbons (Fsp3) is 0. The Bertz CT molecular complexity index is 2510. The van der Waals surface area contributed by atoms with E-state index in [0.29, 0.717) is 21.9 Å². The summed E-state index contributed by atoms with van der Waals surface area (Å²) >= 11 is 0. The maximum absolute atomic E-state index is 13.5. The van der Waals surface area contributed by atoms with Crippen molar-refractivity contribution in [3.8, 4) is 11.4 Å². The predicted molar refractivity (Wildman–Crippen MR) is 169 cm³/mol. The van der Waals surface area contributed by atoms with E-state index in [-0.39, 0.29) is 5.43 Å². The van der Waals surface area contributed by atoms with Crippen molar-refractivity contribution in [3.05, 3.63) is 144 Å². The summed E-state index contributed by atoms with van der Waals surface area (Å²) < 4.78 is 10.7. The summed E-state index contributed by atoms with van der Waals surface area (Å²) in [6.45, 7) is 0. The molecule has 3 heterocycles. The van der Waals surface area contributed by atoms with Gasteiger partial charge in [0.2, 0.25) is 5.43 Å². The second kappa shape index (κ2) is 8.20. The molecule has 0 aliphatic carbocycles. The van der Waals surface area contributed by atoms with E-state index in [2.05, 4.69) is 100 Å². The molecule has 9 aromatic rings. The standard InChI is InChI=1S/C37H22N2O2/c40-37-28-12-4-8-16-35(28)41-36-20-18-24(22-30(36)37)39-33-15-7-3-11-27(33)29-21-23(17-19-34(29)39)38-31-13-5-1-9-25(31)26-10-2-6-14-32(26)38/h1-22H. The van der Waals surface area contributed by atoms with Gasteiger partial charge < -0.3 is 13.6 Å². The van der Waals surface area contributed by atoms with Crippen molar-refractivity contribution in [3.63, 3.8) is 0 Å². The van der Waals surface area contributed by atoms with Crippen LogP contribution in [0.15, 0.2) is 143 Å². The largest absolute Gasteiger partial charge is 0.456 e. The van der Waals surface area contributed by atoms with E-state index in [9.17, 15) is 4.79 Å². The van der Waals surface area contributed by atoms with E-state index in [1.165, 1.54) is 21.8 Å². The molecule has 9 rings (SSSR count). The Morgan fingerprint density at radius 3 is 1.46 bits per heavy atom. The summed E-state index contributed by atoms with van der Waals surface area (Å²) in [5.74, 6) is 0. The van der Waals surface area contributed by atoms with E-state index in [1.54, 1.807) is 0 Å². The van der Waals surface area contributed by atoms with Crippen molar-refractivity contribution >= 4 is 65.6 Å². The van der Waals surface area contributed by atoms with Crippen LogP contribution in [0.25, 0.3) is 76.9 Å². The third kappa shape index (κ3) is 3.07. The molecule has 0 N–H and O–H groups in total. The quantitative estimate of drug-likeness (QED) is 0.211. The molecular formula is C37H22N2O2. The molecule has 4 heteroatoms. The number of fused-ring (bicyclic) bond motifs is 8. The molecule has 3 aromatic heterocycles. The van der Waals surface area contributed by atoms with Gasteiger partial charge in [-0.2, -0.15) is 0 Å². The number of para-hydroxylation sites is 4. The average Bonchev–Trinajstić information content (AvgIpc) is 3.54. The Hall–Kier alpha value is -5.61. The molecule has 0 fully saturated rings.